The summed E-state index contributed by atoms with van der Waals surface area (Å²) in [6, 6.07) is 5.86. The van der Waals surface area contributed by atoms with Crippen LogP contribution < -0.4 is 9.47 Å². The molecule has 0 aromatic heterocycles. The van der Waals surface area contributed by atoms with Crippen molar-refractivity contribution in [3.63, 3.8) is 0 Å². The zero-order valence-electron chi connectivity index (χ0n) is 9.24. The number of benzene rings is 1. The second kappa shape index (κ2) is 5.82. The molecule has 4 heteroatoms. The number of methoxy groups -OCH3 is 1. The minimum atomic E-state index is 0.337. The molecule has 0 N–H and O–H groups in total. The van der Waals surface area contributed by atoms with E-state index in [0.717, 1.165) is 28.8 Å². The van der Waals surface area contributed by atoms with Crippen LogP contribution in [-0.4, -0.2) is 24.7 Å². The van der Waals surface area contributed by atoms with Crippen LogP contribution in [0, 0.1) is 0 Å². The molecule has 1 aromatic carbocycles. The Hall–Kier alpha value is -0.350. The Balaban J connectivity index is 2.09. The summed E-state index contributed by atoms with van der Waals surface area (Å²) in [5.74, 6) is 4.04. The van der Waals surface area contributed by atoms with Crippen LogP contribution >= 0.6 is 27.7 Å². The van der Waals surface area contributed by atoms with Gasteiger partial charge in [0.05, 0.1) is 7.11 Å². The van der Waals surface area contributed by atoms with Crippen LogP contribution in [0.15, 0.2) is 22.7 Å². The fraction of sp³-hybridized carbons (Fsp3) is 0.500. The maximum absolute atomic E-state index is 5.99. The average Bonchev–Trinajstić information content (AvgIpc) is 2.31. The highest BCUT2D eigenvalue weighted by Crippen LogP contribution is 2.33. The molecule has 2 rings (SSSR count). The summed E-state index contributed by atoms with van der Waals surface area (Å²) < 4.78 is 12.3. The van der Waals surface area contributed by atoms with Crippen molar-refractivity contribution >= 4 is 27.7 Å². The molecule has 1 heterocycles. The van der Waals surface area contributed by atoms with Crippen LogP contribution in [-0.2, 0) is 0 Å². The fourth-order valence-corrected chi connectivity index (χ4v) is 3.12. The molecule has 1 aliphatic rings. The van der Waals surface area contributed by atoms with Gasteiger partial charge in [-0.2, -0.15) is 11.8 Å². The van der Waals surface area contributed by atoms with Crippen LogP contribution in [0.2, 0.25) is 0 Å². The van der Waals surface area contributed by atoms with Crippen LogP contribution in [0.5, 0.6) is 11.5 Å². The second-order valence-corrected chi connectivity index (χ2v) is 5.87. The molecule has 0 spiro atoms. The van der Waals surface area contributed by atoms with Crippen LogP contribution in [0.25, 0.3) is 0 Å². The number of hydrogen-bond acceptors (Lipinski definition) is 3. The first-order valence-corrected chi connectivity index (χ1v) is 7.32. The Morgan fingerprint density at radius 2 is 2.00 bits per heavy atom. The number of thioether (sulfide) groups is 1. The molecule has 0 unspecified atom stereocenters. The van der Waals surface area contributed by atoms with Crippen LogP contribution in [0.1, 0.15) is 12.8 Å². The summed E-state index contributed by atoms with van der Waals surface area (Å²) in [5.41, 5.74) is 0. The standard InChI is InChI=1S/C12H15BrO2S/c1-14-11-3-2-9(13)8-12(11)15-10-4-6-16-7-5-10/h2-3,8,10H,4-7H2,1H3. The average molecular weight is 303 g/mol. The zero-order chi connectivity index (χ0) is 11.4. The van der Waals surface area contributed by atoms with Crippen molar-refractivity contribution in [1.82, 2.24) is 0 Å². The third-order valence-corrected chi connectivity index (χ3v) is 4.13. The van der Waals surface area contributed by atoms with E-state index in [2.05, 4.69) is 15.9 Å². The largest absolute Gasteiger partial charge is 0.493 e. The van der Waals surface area contributed by atoms with Gasteiger partial charge in [0.1, 0.15) is 6.10 Å². The van der Waals surface area contributed by atoms with E-state index >= 15 is 0 Å². The van der Waals surface area contributed by atoms with Crippen molar-refractivity contribution in [3.8, 4) is 11.5 Å². The molecule has 88 valence electrons. The van der Waals surface area contributed by atoms with Crippen molar-refractivity contribution < 1.29 is 9.47 Å². The summed E-state index contributed by atoms with van der Waals surface area (Å²) in [4.78, 5) is 0. The second-order valence-electron chi connectivity index (χ2n) is 3.72. The monoisotopic (exact) mass is 302 g/mol. The predicted octanol–water partition coefficient (Wildman–Crippen LogP) is 3.73. The lowest BCUT2D eigenvalue weighted by molar-refractivity contribution is 0.184. The quantitative estimate of drug-likeness (QED) is 0.847. The molecule has 2 nitrogen and oxygen atoms in total. The van der Waals surface area contributed by atoms with E-state index < -0.39 is 0 Å². The van der Waals surface area contributed by atoms with E-state index in [0.29, 0.717) is 6.10 Å². The number of rotatable bonds is 3. The lowest BCUT2D eigenvalue weighted by atomic mass is 10.2. The molecule has 1 aromatic rings. The normalized spacial score (nSPS) is 17.1. The molecule has 0 atom stereocenters. The first-order chi connectivity index (χ1) is 7.79. The minimum Gasteiger partial charge on any atom is -0.493 e. The lowest BCUT2D eigenvalue weighted by Crippen LogP contribution is -2.22. The van der Waals surface area contributed by atoms with Crippen molar-refractivity contribution in [3.05, 3.63) is 22.7 Å². The van der Waals surface area contributed by atoms with Crippen LogP contribution in [0.3, 0.4) is 0 Å². The molecule has 1 aliphatic heterocycles. The van der Waals surface area contributed by atoms with Gasteiger partial charge in [0, 0.05) is 4.47 Å². The molecule has 0 bridgehead atoms. The van der Waals surface area contributed by atoms with Crippen molar-refractivity contribution in [2.24, 2.45) is 0 Å². The van der Waals surface area contributed by atoms with Gasteiger partial charge in [-0.3, -0.25) is 0 Å². The zero-order valence-corrected chi connectivity index (χ0v) is 11.6. The summed E-state index contributed by atoms with van der Waals surface area (Å²) in [7, 11) is 1.67. The Bertz CT molecular complexity index is 351. The molecule has 1 saturated heterocycles. The molecule has 0 saturated carbocycles. The number of halogens is 1. The van der Waals surface area contributed by atoms with Gasteiger partial charge >= 0.3 is 0 Å². The fourth-order valence-electron chi connectivity index (χ4n) is 1.72. The lowest BCUT2D eigenvalue weighted by Gasteiger charge is -2.23. The summed E-state index contributed by atoms with van der Waals surface area (Å²) in [6.45, 7) is 0. The van der Waals surface area contributed by atoms with Gasteiger partial charge in [-0.05, 0) is 42.5 Å². The van der Waals surface area contributed by atoms with E-state index in [-0.39, 0.29) is 0 Å². The molecule has 0 amide bonds. The number of ether oxygens (including phenoxy) is 2. The van der Waals surface area contributed by atoms with Gasteiger partial charge in [-0.1, -0.05) is 15.9 Å². The molecule has 1 fully saturated rings. The summed E-state index contributed by atoms with van der Waals surface area (Å²) in [6.07, 6.45) is 2.59. The Morgan fingerprint density at radius 1 is 1.25 bits per heavy atom. The Labute approximate surface area is 109 Å². The van der Waals surface area contributed by atoms with Crippen molar-refractivity contribution in [2.45, 2.75) is 18.9 Å². The number of hydrogen-bond donors (Lipinski definition) is 0. The first kappa shape index (κ1) is 12.1. The molecule has 0 radical (unpaired) electrons. The highest BCUT2D eigenvalue weighted by molar-refractivity contribution is 9.10. The predicted molar refractivity (Wildman–Crippen MR) is 71.7 cm³/mol. The van der Waals surface area contributed by atoms with E-state index in [1.54, 1.807) is 7.11 Å². The maximum atomic E-state index is 5.99. The van der Waals surface area contributed by atoms with Gasteiger partial charge in [0.2, 0.25) is 0 Å². The molecule has 0 aliphatic carbocycles. The molecular formula is C12H15BrO2S. The van der Waals surface area contributed by atoms with Crippen molar-refractivity contribution in [1.29, 1.82) is 0 Å². The SMILES string of the molecule is COc1ccc(Br)cc1OC1CCSCC1. The molecule has 16 heavy (non-hydrogen) atoms. The maximum Gasteiger partial charge on any atom is 0.162 e. The summed E-state index contributed by atoms with van der Waals surface area (Å²) >= 11 is 5.45. The van der Waals surface area contributed by atoms with Crippen LogP contribution in [0.4, 0.5) is 0 Å². The van der Waals surface area contributed by atoms with Crippen molar-refractivity contribution in [2.75, 3.05) is 18.6 Å². The smallest absolute Gasteiger partial charge is 0.162 e. The van der Waals surface area contributed by atoms with Gasteiger partial charge in [-0.15, -0.1) is 0 Å². The van der Waals surface area contributed by atoms with E-state index in [1.165, 1.54) is 11.5 Å². The van der Waals surface area contributed by atoms with Gasteiger partial charge in [0.25, 0.3) is 0 Å². The van der Waals surface area contributed by atoms with E-state index in [1.807, 2.05) is 30.0 Å². The topological polar surface area (TPSA) is 18.5 Å². The van der Waals surface area contributed by atoms with Gasteiger partial charge in [0.15, 0.2) is 11.5 Å². The van der Waals surface area contributed by atoms with Gasteiger partial charge < -0.3 is 9.47 Å². The third kappa shape index (κ3) is 3.08. The molecular weight excluding hydrogens is 288 g/mol. The minimum absolute atomic E-state index is 0.337. The van der Waals surface area contributed by atoms with E-state index in [4.69, 9.17) is 9.47 Å². The Kier molecular flexibility index (Phi) is 4.41. The third-order valence-electron chi connectivity index (χ3n) is 2.59. The Morgan fingerprint density at radius 3 is 2.69 bits per heavy atom. The first-order valence-electron chi connectivity index (χ1n) is 5.37. The summed E-state index contributed by atoms with van der Waals surface area (Å²) in [5, 5.41) is 0. The highest BCUT2D eigenvalue weighted by Gasteiger charge is 2.17. The van der Waals surface area contributed by atoms with Gasteiger partial charge in [-0.25, -0.2) is 0 Å². The van der Waals surface area contributed by atoms with E-state index in [9.17, 15) is 0 Å². The highest BCUT2D eigenvalue weighted by atomic mass is 79.9.